The van der Waals surface area contributed by atoms with Crippen LogP contribution < -0.4 is 16.2 Å². The lowest BCUT2D eigenvalue weighted by Crippen LogP contribution is -2.32. The van der Waals surface area contributed by atoms with Gasteiger partial charge in [0.2, 0.25) is 0 Å². The minimum atomic E-state index is -0.650. The van der Waals surface area contributed by atoms with Crippen LogP contribution in [0.25, 0.3) is 11.1 Å². The summed E-state index contributed by atoms with van der Waals surface area (Å²) >= 11 is 11.9. The zero-order chi connectivity index (χ0) is 30.3. The maximum Gasteiger partial charge on any atom is 0.259 e. The quantitative estimate of drug-likeness (QED) is 0.232. The van der Waals surface area contributed by atoms with Gasteiger partial charge in [0.05, 0.1) is 22.9 Å². The number of pyridine rings is 2. The van der Waals surface area contributed by atoms with Crippen molar-refractivity contribution >= 4 is 46.5 Å². The molecule has 4 aromatic rings. The zero-order valence-electron chi connectivity index (χ0n) is 23.1. The molecule has 1 fully saturated rings. The summed E-state index contributed by atoms with van der Waals surface area (Å²) in [6, 6.07) is 15.7. The lowest BCUT2D eigenvalue weighted by atomic mass is 10.0. The predicted octanol–water partition coefficient (Wildman–Crippen LogP) is 5.15. The van der Waals surface area contributed by atoms with Crippen LogP contribution in [0, 0.1) is 0 Å². The van der Waals surface area contributed by atoms with E-state index in [2.05, 4.69) is 20.5 Å². The summed E-state index contributed by atoms with van der Waals surface area (Å²) in [7, 11) is 0. The van der Waals surface area contributed by atoms with Crippen molar-refractivity contribution in [2.45, 2.75) is 13.0 Å². The van der Waals surface area contributed by atoms with Crippen molar-refractivity contribution in [2.75, 3.05) is 43.5 Å². The number of phenolic OH excluding ortho intramolecular Hbond substituents is 1. The average molecular weight is 623 g/mol. The summed E-state index contributed by atoms with van der Waals surface area (Å²) in [5.41, 5.74) is 1.12. The summed E-state index contributed by atoms with van der Waals surface area (Å²) in [6.07, 6.45) is 4.12. The second-order valence-electron chi connectivity index (χ2n) is 9.92. The number of amides is 2. The van der Waals surface area contributed by atoms with Gasteiger partial charge in [-0.05, 0) is 54.4 Å². The maximum absolute atomic E-state index is 13.2. The highest BCUT2D eigenvalue weighted by Gasteiger charge is 2.20. The van der Waals surface area contributed by atoms with Gasteiger partial charge in [0.15, 0.2) is 0 Å². The largest absolute Gasteiger partial charge is 0.506 e. The van der Waals surface area contributed by atoms with E-state index in [1.807, 2.05) is 6.07 Å². The molecule has 10 nitrogen and oxygen atoms in total. The first kappa shape index (κ1) is 30.2. The molecule has 0 radical (unpaired) electrons. The Hall–Kier alpha value is -4.22. The van der Waals surface area contributed by atoms with Gasteiger partial charge < -0.3 is 25.0 Å². The Morgan fingerprint density at radius 2 is 1.74 bits per heavy atom. The van der Waals surface area contributed by atoms with Gasteiger partial charge in [-0.2, -0.15) is 0 Å². The van der Waals surface area contributed by atoms with E-state index in [0.29, 0.717) is 29.3 Å². The van der Waals surface area contributed by atoms with Crippen molar-refractivity contribution < 1.29 is 19.4 Å². The second-order valence-corrected chi connectivity index (χ2v) is 10.8. The summed E-state index contributed by atoms with van der Waals surface area (Å²) in [5.74, 6) is -1.39. The van der Waals surface area contributed by atoms with Gasteiger partial charge in [-0.25, -0.2) is 4.98 Å². The Morgan fingerprint density at radius 1 is 0.930 bits per heavy atom. The van der Waals surface area contributed by atoms with Crippen LogP contribution in [-0.4, -0.2) is 64.2 Å². The van der Waals surface area contributed by atoms with Gasteiger partial charge in [-0.3, -0.25) is 19.3 Å². The molecule has 0 atom stereocenters. The maximum atomic E-state index is 13.2. The van der Waals surface area contributed by atoms with E-state index in [0.717, 1.165) is 32.7 Å². The SMILES string of the molecule is O=C(Nc1c(O)cc(Cl)cc1C(=O)Nc1ccc(Cl)cn1)c1ccc(-c2cccn(CCN3CCCOCC3)c2=O)cc1. The third-order valence-corrected chi connectivity index (χ3v) is 7.43. The van der Waals surface area contributed by atoms with Crippen molar-refractivity contribution in [1.82, 2.24) is 14.5 Å². The molecule has 3 N–H and O–H groups in total. The van der Waals surface area contributed by atoms with Gasteiger partial charge >= 0.3 is 0 Å². The van der Waals surface area contributed by atoms with Crippen LogP contribution in [0.15, 0.2) is 77.9 Å². The van der Waals surface area contributed by atoms with Crippen LogP contribution in [0.5, 0.6) is 5.75 Å². The Labute approximate surface area is 257 Å². The smallest absolute Gasteiger partial charge is 0.259 e. The molecule has 0 bridgehead atoms. The monoisotopic (exact) mass is 621 g/mol. The topological polar surface area (TPSA) is 126 Å². The molecule has 2 aromatic carbocycles. The van der Waals surface area contributed by atoms with Crippen LogP contribution in [0.4, 0.5) is 11.5 Å². The molecule has 0 saturated carbocycles. The molecule has 0 unspecified atom stereocenters. The van der Waals surface area contributed by atoms with Crippen molar-refractivity contribution in [3.05, 3.63) is 105 Å². The molecule has 2 amide bonds. The number of phenols is 1. The first-order chi connectivity index (χ1) is 20.8. The van der Waals surface area contributed by atoms with E-state index >= 15 is 0 Å². The van der Waals surface area contributed by atoms with Crippen molar-refractivity contribution in [2.24, 2.45) is 0 Å². The molecule has 1 aliphatic rings. The van der Waals surface area contributed by atoms with Crippen LogP contribution >= 0.6 is 23.2 Å². The van der Waals surface area contributed by atoms with Crippen molar-refractivity contribution in [3.8, 4) is 16.9 Å². The first-order valence-corrected chi connectivity index (χ1v) is 14.4. The molecule has 43 heavy (non-hydrogen) atoms. The number of aromatic nitrogens is 2. The molecule has 12 heteroatoms. The van der Waals surface area contributed by atoms with E-state index in [9.17, 15) is 19.5 Å². The Kier molecular flexibility index (Phi) is 9.73. The van der Waals surface area contributed by atoms with Crippen LogP contribution in [-0.2, 0) is 11.3 Å². The number of anilines is 2. The number of benzene rings is 2. The number of nitrogens with zero attached hydrogens (tertiary/aromatic N) is 3. The Morgan fingerprint density at radius 3 is 2.51 bits per heavy atom. The third kappa shape index (κ3) is 7.60. The van der Waals surface area contributed by atoms with E-state index in [4.69, 9.17) is 27.9 Å². The lowest BCUT2D eigenvalue weighted by Gasteiger charge is -2.19. The van der Waals surface area contributed by atoms with E-state index in [1.165, 1.54) is 24.4 Å². The average Bonchev–Trinajstić information content (AvgIpc) is 3.28. The molecule has 222 valence electrons. The summed E-state index contributed by atoms with van der Waals surface area (Å²) in [6.45, 7) is 4.55. The zero-order valence-corrected chi connectivity index (χ0v) is 24.6. The number of aromatic hydroxyl groups is 1. The standard InChI is InChI=1S/C31H29Cl2N5O5/c32-22-8-9-27(34-19-22)35-30(41)25-17-23(33)18-26(39)28(25)36-29(40)21-6-4-20(5-7-21)24-3-1-11-38(31(24)42)13-12-37-10-2-15-43-16-14-37/h1,3-9,11,17-19,39H,2,10,12-16H2,(H,36,40)(H,34,35,41). The Balaban J connectivity index is 1.30. The highest BCUT2D eigenvalue weighted by Crippen LogP contribution is 2.32. The number of hydrogen-bond donors (Lipinski definition) is 3. The second kappa shape index (κ2) is 13.8. The molecular weight excluding hydrogens is 593 g/mol. The van der Waals surface area contributed by atoms with E-state index < -0.39 is 11.8 Å². The van der Waals surface area contributed by atoms with Crippen LogP contribution in [0.3, 0.4) is 0 Å². The van der Waals surface area contributed by atoms with Gasteiger partial charge in [-0.15, -0.1) is 0 Å². The fourth-order valence-corrected chi connectivity index (χ4v) is 5.05. The molecule has 1 saturated heterocycles. The number of halogens is 2. The number of rotatable bonds is 8. The molecule has 0 aliphatic carbocycles. The van der Waals surface area contributed by atoms with Gasteiger partial charge in [0, 0.05) is 67.4 Å². The highest BCUT2D eigenvalue weighted by atomic mass is 35.5. The molecule has 0 spiro atoms. The lowest BCUT2D eigenvalue weighted by molar-refractivity contribution is 0.102. The van der Waals surface area contributed by atoms with Gasteiger partial charge in [0.25, 0.3) is 17.4 Å². The number of carbonyl (C=O) groups is 2. The minimum absolute atomic E-state index is 0.0655. The van der Waals surface area contributed by atoms with E-state index in [-0.39, 0.29) is 39.0 Å². The van der Waals surface area contributed by atoms with Crippen molar-refractivity contribution in [1.29, 1.82) is 0 Å². The fraction of sp³-hybridized carbons (Fsp3) is 0.226. The molecular formula is C31H29Cl2N5O5. The molecule has 5 rings (SSSR count). The molecule has 3 heterocycles. The first-order valence-electron chi connectivity index (χ1n) is 13.7. The number of ether oxygens (including phenoxy) is 1. The molecule has 2 aromatic heterocycles. The van der Waals surface area contributed by atoms with Crippen LogP contribution in [0.2, 0.25) is 10.0 Å². The number of carbonyl (C=O) groups excluding carboxylic acids is 2. The van der Waals surface area contributed by atoms with Crippen molar-refractivity contribution in [3.63, 3.8) is 0 Å². The number of nitrogens with one attached hydrogen (secondary N) is 2. The minimum Gasteiger partial charge on any atom is -0.506 e. The van der Waals surface area contributed by atoms with Crippen LogP contribution in [0.1, 0.15) is 27.1 Å². The third-order valence-electron chi connectivity index (χ3n) is 6.98. The fourth-order valence-electron chi connectivity index (χ4n) is 4.73. The summed E-state index contributed by atoms with van der Waals surface area (Å²) in [5, 5.41) is 16.2. The van der Waals surface area contributed by atoms with Gasteiger partial charge in [0.1, 0.15) is 11.6 Å². The molecule has 1 aliphatic heterocycles. The summed E-state index contributed by atoms with van der Waals surface area (Å²) < 4.78 is 7.20. The highest BCUT2D eigenvalue weighted by molar-refractivity contribution is 6.32. The Bertz CT molecular complexity index is 1670. The number of hydrogen-bond acceptors (Lipinski definition) is 7. The normalized spacial score (nSPS) is 13.7. The van der Waals surface area contributed by atoms with Gasteiger partial charge in [-0.1, -0.05) is 35.3 Å². The predicted molar refractivity (Wildman–Crippen MR) is 166 cm³/mol. The van der Waals surface area contributed by atoms with E-state index in [1.54, 1.807) is 47.2 Å². The summed E-state index contributed by atoms with van der Waals surface area (Å²) in [4.78, 5) is 45.7.